The van der Waals surface area contributed by atoms with E-state index >= 15 is 0 Å². The van der Waals surface area contributed by atoms with Crippen molar-refractivity contribution in [3.05, 3.63) is 34.6 Å². The van der Waals surface area contributed by atoms with Gasteiger partial charge in [-0.1, -0.05) is 17.7 Å². The highest BCUT2D eigenvalue weighted by atomic mass is 35.5. The van der Waals surface area contributed by atoms with Crippen LogP contribution in [0.4, 0.5) is 4.39 Å². The van der Waals surface area contributed by atoms with Crippen molar-refractivity contribution in [2.45, 2.75) is 12.5 Å². The zero-order valence-corrected chi connectivity index (χ0v) is 11.3. The molecule has 1 aliphatic rings. The Morgan fingerprint density at radius 3 is 2.95 bits per heavy atom. The topological polar surface area (TPSA) is 66.8 Å². The van der Waals surface area contributed by atoms with Gasteiger partial charge >= 0.3 is 5.97 Å². The smallest absolute Gasteiger partial charge is 0.306 e. The quantitative estimate of drug-likeness (QED) is 0.924. The molecule has 1 unspecified atom stereocenters. The summed E-state index contributed by atoms with van der Waals surface area (Å²) in [6, 6.07) is 4.02. The van der Waals surface area contributed by atoms with E-state index in [9.17, 15) is 14.0 Å². The molecular weight excluding hydrogens is 289 g/mol. The average Bonchev–Trinajstić information content (AvgIpc) is 2.41. The Bertz CT molecular complexity index is 537. The second-order valence-electron chi connectivity index (χ2n) is 4.44. The number of carboxylic acid groups (broad SMARTS) is 1. The molecule has 1 N–H and O–H groups in total. The third-order valence-electron chi connectivity index (χ3n) is 3.01. The number of ether oxygens (including phenoxy) is 1. The van der Waals surface area contributed by atoms with Gasteiger partial charge in [0.05, 0.1) is 29.7 Å². The van der Waals surface area contributed by atoms with Gasteiger partial charge in [0.1, 0.15) is 5.82 Å². The fraction of sp³-hybridized carbons (Fsp3) is 0.385. The molecule has 0 radical (unpaired) electrons. The molecule has 0 aliphatic carbocycles. The van der Waals surface area contributed by atoms with Crippen LogP contribution in [0.25, 0.3) is 0 Å². The summed E-state index contributed by atoms with van der Waals surface area (Å²) in [6.45, 7) is 0.719. The molecule has 20 heavy (non-hydrogen) atoms. The third kappa shape index (κ3) is 3.26. The van der Waals surface area contributed by atoms with Crippen LogP contribution in [0.15, 0.2) is 18.2 Å². The number of carbonyl (C=O) groups is 2. The maximum absolute atomic E-state index is 13.4. The van der Waals surface area contributed by atoms with E-state index in [0.29, 0.717) is 6.54 Å². The van der Waals surface area contributed by atoms with Crippen LogP contribution in [0.2, 0.25) is 5.02 Å². The number of hydrogen-bond acceptors (Lipinski definition) is 3. The molecule has 5 nitrogen and oxygen atoms in total. The molecule has 7 heteroatoms. The fourth-order valence-corrected chi connectivity index (χ4v) is 2.27. The molecule has 1 aliphatic heterocycles. The average molecular weight is 302 g/mol. The predicted octanol–water partition coefficient (Wildman–Crippen LogP) is 1.79. The van der Waals surface area contributed by atoms with E-state index in [1.807, 2.05) is 0 Å². The van der Waals surface area contributed by atoms with Crippen molar-refractivity contribution >= 4 is 23.5 Å². The maximum atomic E-state index is 13.4. The standard InChI is InChI=1S/C13H13ClFNO4/c14-12-9(2-1-3-10(12)15)13(19)16-4-5-20-8(7-16)6-11(17)18/h1-3,8H,4-7H2,(H,17,18). The monoisotopic (exact) mass is 301 g/mol. The zero-order valence-electron chi connectivity index (χ0n) is 10.5. The Labute approximate surface area is 119 Å². The van der Waals surface area contributed by atoms with Crippen LogP contribution in [0.1, 0.15) is 16.8 Å². The van der Waals surface area contributed by atoms with Gasteiger partial charge in [-0.05, 0) is 12.1 Å². The van der Waals surface area contributed by atoms with Gasteiger partial charge in [-0.2, -0.15) is 0 Å². The van der Waals surface area contributed by atoms with E-state index in [-0.39, 0.29) is 30.2 Å². The summed E-state index contributed by atoms with van der Waals surface area (Å²) >= 11 is 5.78. The molecule has 0 aromatic heterocycles. The Kier molecular flexibility index (Phi) is 4.57. The van der Waals surface area contributed by atoms with Crippen LogP contribution in [-0.2, 0) is 9.53 Å². The lowest BCUT2D eigenvalue weighted by Crippen LogP contribution is -2.46. The van der Waals surface area contributed by atoms with Gasteiger partial charge in [0, 0.05) is 13.1 Å². The molecule has 108 valence electrons. The van der Waals surface area contributed by atoms with Crippen LogP contribution in [-0.4, -0.2) is 47.7 Å². The second kappa shape index (κ2) is 6.19. The van der Waals surface area contributed by atoms with Crippen molar-refractivity contribution in [2.24, 2.45) is 0 Å². The highest BCUT2D eigenvalue weighted by molar-refractivity contribution is 6.34. The van der Waals surface area contributed by atoms with Crippen molar-refractivity contribution in [1.82, 2.24) is 4.90 Å². The number of halogens is 2. The van der Waals surface area contributed by atoms with E-state index in [4.69, 9.17) is 21.4 Å². The van der Waals surface area contributed by atoms with E-state index in [1.54, 1.807) is 0 Å². The highest BCUT2D eigenvalue weighted by Crippen LogP contribution is 2.22. The van der Waals surface area contributed by atoms with Crippen LogP contribution in [0.3, 0.4) is 0 Å². The van der Waals surface area contributed by atoms with Gasteiger partial charge in [0.25, 0.3) is 5.91 Å². The van der Waals surface area contributed by atoms with E-state index in [2.05, 4.69) is 0 Å². The lowest BCUT2D eigenvalue weighted by atomic mass is 10.1. The first-order valence-electron chi connectivity index (χ1n) is 6.05. The highest BCUT2D eigenvalue weighted by Gasteiger charge is 2.28. The Balaban J connectivity index is 2.12. The molecule has 1 atom stereocenters. The Morgan fingerprint density at radius 1 is 1.50 bits per heavy atom. The Morgan fingerprint density at radius 2 is 2.25 bits per heavy atom. The lowest BCUT2D eigenvalue weighted by Gasteiger charge is -2.32. The number of hydrogen-bond donors (Lipinski definition) is 1. The minimum Gasteiger partial charge on any atom is -0.481 e. The Hall–Kier alpha value is -1.66. The molecule has 2 rings (SSSR count). The minimum atomic E-state index is -0.993. The third-order valence-corrected chi connectivity index (χ3v) is 3.39. The summed E-state index contributed by atoms with van der Waals surface area (Å²) in [5.74, 6) is -2.07. The van der Waals surface area contributed by atoms with Gasteiger partial charge < -0.3 is 14.7 Å². The van der Waals surface area contributed by atoms with Gasteiger partial charge in [0.2, 0.25) is 0 Å². The normalized spacial score (nSPS) is 18.9. The number of carbonyl (C=O) groups excluding carboxylic acids is 1. The van der Waals surface area contributed by atoms with Crippen molar-refractivity contribution in [2.75, 3.05) is 19.7 Å². The largest absolute Gasteiger partial charge is 0.481 e. The molecule has 0 bridgehead atoms. The molecule has 1 fully saturated rings. The molecule has 1 saturated heterocycles. The molecular formula is C13H13ClFNO4. The van der Waals surface area contributed by atoms with E-state index in [0.717, 1.165) is 0 Å². The molecule has 1 heterocycles. The fourth-order valence-electron chi connectivity index (χ4n) is 2.06. The number of amides is 1. The number of carboxylic acids is 1. The van der Waals surface area contributed by atoms with Crippen molar-refractivity contribution in [1.29, 1.82) is 0 Å². The van der Waals surface area contributed by atoms with Crippen LogP contribution >= 0.6 is 11.6 Å². The van der Waals surface area contributed by atoms with Gasteiger partial charge in [-0.25, -0.2) is 4.39 Å². The first kappa shape index (κ1) is 14.7. The van der Waals surface area contributed by atoms with Gasteiger partial charge in [0.15, 0.2) is 0 Å². The van der Waals surface area contributed by atoms with Crippen molar-refractivity contribution in [3.8, 4) is 0 Å². The van der Waals surface area contributed by atoms with Gasteiger partial charge in [-0.3, -0.25) is 9.59 Å². The summed E-state index contributed by atoms with van der Waals surface area (Å²) in [6.07, 6.45) is -0.738. The van der Waals surface area contributed by atoms with Crippen LogP contribution in [0, 0.1) is 5.82 Å². The molecule has 1 amide bonds. The SMILES string of the molecule is O=C(O)CC1CN(C(=O)c2cccc(F)c2Cl)CCO1. The van der Waals surface area contributed by atoms with E-state index in [1.165, 1.54) is 23.1 Å². The molecule has 1 aromatic carbocycles. The zero-order chi connectivity index (χ0) is 14.7. The predicted molar refractivity (Wildman–Crippen MR) is 69.3 cm³/mol. The van der Waals surface area contributed by atoms with Crippen molar-refractivity contribution in [3.63, 3.8) is 0 Å². The summed E-state index contributed by atoms with van der Waals surface area (Å²) in [5, 5.41) is 8.51. The summed E-state index contributed by atoms with van der Waals surface area (Å²) < 4.78 is 18.6. The summed E-state index contributed by atoms with van der Waals surface area (Å²) in [7, 11) is 0. The first-order chi connectivity index (χ1) is 9.49. The lowest BCUT2D eigenvalue weighted by molar-refractivity contribution is -0.141. The number of aliphatic carboxylic acids is 1. The second-order valence-corrected chi connectivity index (χ2v) is 4.82. The minimum absolute atomic E-state index is 0.0719. The summed E-state index contributed by atoms with van der Waals surface area (Å²) in [5.41, 5.74) is 0.0719. The number of rotatable bonds is 3. The van der Waals surface area contributed by atoms with Crippen LogP contribution in [0.5, 0.6) is 0 Å². The first-order valence-corrected chi connectivity index (χ1v) is 6.43. The van der Waals surface area contributed by atoms with Crippen molar-refractivity contribution < 1.29 is 23.8 Å². The number of morpholine rings is 1. The maximum Gasteiger partial charge on any atom is 0.306 e. The molecule has 1 aromatic rings. The van der Waals surface area contributed by atoms with Crippen LogP contribution < -0.4 is 0 Å². The summed E-state index contributed by atoms with van der Waals surface area (Å²) in [4.78, 5) is 24.4. The molecule has 0 spiro atoms. The molecule has 0 saturated carbocycles. The van der Waals surface area contributed by atoms with Gasteiger partial charge in [-0.15, -0.1) is 0 Å². The van der Waals surface area contributed by atoms with E-state index < -0.39 is 23.8 Å². The number of nitrogens with zero attached hydrogens (tertiary/aromatic N) is 1. The number of benzene rings is 1.